The standard InChI is InChI=1S/C19H26N8/c1-5-27-17-16(14(4)25-27)23-19(26-9-8-20-11-13(26)3)24-18(17)22-15-10-12(2)6-7-21-15/h6-7,10,13,20H,5,8-9,11H2,1-4H3,(H,21,22,23,24). The van der Waals surface area contributed by atoms with Crippen molar-refractivity contribution < 1.29 is 0 Å². The monoisotopic (exact) mass is 366 g/mol. The molecule has 3 aromatic heterocycles. The van der Waals surface area contributed by atoms with Crippen LogP contribution in [-0.2, 0) is 6.54 Å². The largest absolute Gasteiger partial charge is 0.335 e. The van der Waals surface area contributed by atoms with Crippen LogP contribution in [0.15, 0.2) is 18.3 Å². The lowest BCUT2D eigenvalue weighted by atomic mass is 10.2. The first-order valence-electron chi connectivity index (χ1n) is 9.49. The van der Waals surface area contributed by atoms with Crippen LogP contribution in [0.25, 0.3) is 11.0 Å². The lowest BCUT2D eigenvalue weighted by Crippen LogP contribution is -2.50. The molecule has 1 fully saturated rings. The Kier molecular flexibility index (Phi) is 4.65. The average Bonchev–Trinajstić information content (AvgIpc) is 2.98. The lowest BCUT2D eigenvalue weighted by molar-refractivity contribution is 0.493. The van der Waals surface area contributed by atoms with Crippen LogP contribution in [0.4, 0.5) is 17.6 Å². The van der Waals surface area contributed by atoms with Crippen LogP contribution in [0.1, 0.15) is 25.1 Å². The van der Waals surface area contributed by atoms with E-state index in [4.69, 9.17) is 9.97 Å². The zero-order valence-electron chi connectivity index (χ0n) is 16.3. The van der Waals surface area contributed by atoms with Gasteiger partial charge in [0, 0.05) is 38.4 Å². The van der Waals surface area contributed by atoms with E-state index in [2.05, 4.69) is 46.4 Å². The molecule has 4 rings (SSSR count). The summed E-state index contributed by atoms with van der Waals surface area (Å²) in [6, 6.07) is 4.33. The molecule has 1 atom stereocenters. The first-order chi connectivity index (χ1) is 13.1. The van der Waals surface area contributed by atoms with Crippen LogP contribution in [-0.4, -0.2) is 50.4 Å². The minimum absolute atomic E-state index is 0.336. The average molecular weight is 366 g/mol. The molecule has 0 aromatic carbocycles. The Hall–Kier alpha value is -2.74. The summed E-state index contributed by atoms with van der Waals surface area (Å²) >= 11 is 0. The van der Waals surface area contributed by atoms with Gasteiger partial charge in [0.1, 0.15) is 16.9 Å². The van der Waals surface area contributed by atoms with Crippen molar-refractivity contribution in [2.75, 3.05) is 29.9 Å². The molecule has 0 aliphatic carbocycles. The van der Waals surface area contributed by atoms with E-state index in [1.165, 1.54) is 0 Å². The van der Waals surface area contributed by atoms with Gasteiger partial charge >= 0.3 is 0 Å². The van der Waals surface area contributed by atoms with Gasteiger partial charge in [-0.25, -0.2) is 9.97 Å². The van der Waals surface area contributed by atoms with Crippen LogP contribution < -0.4 is 15.5 Å². The summed E-state index contributed by atoms with van der Waals surface area (Å²) < 4.78 is 1.95. The molecule has 1 saturated heterocycles. The number of anilines is 3. The van der Waals surface area contributed by atoms with Crippen molar-refractivity contribution >= 4 is 28.6 Å². The quantitative estimate of drug-likeness (QED) is 0.733. The topological polar surface area (TPSA) is 83.8 Å². The molecule has 3 aromatic rings. The maximum Gasteiger partial charge on any atom is 0.228 e. The molecule has 1 aliphatic heterocycles. The highest BCUT2D eigenvalue weighted by Crippen LogP contribution is 2.29. The van der Waals surface area contributed by atoms with Crippen molar-refractivity contribution in [1.29, 1.82) is 0 Å². The van der Waals surface area contributed by atoms with Crippen molar-refractivity contribution in [3.63, 3.8) is 0 Å². The summed E-state index contributed by atoms with van der Waals surface area (Å²) in [5, 5.41) is 11.5. The van der Waals surface area contributed by atoms with Crippen molar-refractivity contribution in [2.24, 2.45) is 0 Å². The van der Waals surface area contributed by atoms with E-state index in [1.54, 1.807) is 6.20 Å². The Balaban J connectivity index is 1.85. The minimum atomic E-state index is 0.336. The number of nitrogens with zero attached hydrogens (tertiary/aromatic N) is 6. The Morgan fingerprint density at radius 2 is 2.15 bits per heavy atom. The number of pyridine rings is 1. The number of rotatable bonds is 4. The second-order valence-corrected chi connectivity index (χ2v) is 7.06. The number of nitrogens with one attached hydrogen (secondary N) is 2. The SMILES string of the molecule is CCn1nc(C)c2nc(N3CCNCC3C)nc(Nc3cc(C)ccn3)c21. The van der Waals surface area contributed by atoms with E-state index in [1.807, 2.05) is 23.7 Å². The summed E-state index contributed by atoms with van der Waals surface area (Å²) in [5.74, 6) is 2.27. The fraction of sp³-hybridized carbons (Fsp3) is 0.474. The number of aryl methyl sites for hydroxylation is 3. The van der Waals surface area contributed by atoms with Gasteiger partial charge in [-0.05, 0) is 45.4 Å². The van der Waals surface area contributed by atoms with Crippen LogP contribution in [0.2, 0.25) is 0 Å². The first-order valence-corrected chi connectivity index (χ1v) is 9.49. The molecule has 2 N–H and O–H groups in total. The molecular weight excluding hydrogens is 340 g/mol. The van der Waals surface area contributed by atoms with Crippen molar-refractivity contribution in [2.45, 2.75) is 40.3 Å². The van der Waals surface area contributed by atoms with Crippen molar-refractivity contribution in [3.05, 3.63) is 29.6 Å². The van der Waals surface area contributed by atoms with Gasteiger partial charge in [-0.3, -0.25) is 4.68 Å². The molecule has 0 spiro atoms. The van der Waals surface area contributed by atoms with Gasteiger partial charge in [0.15, 0.2) is 5.82 Å². The molecule has 1 unspecified atom stereocenters. The van der Waals surface area contributed by atoms with E-state index in [0.717, 1.165) is 66.1 Å². The molecule has 8 heteroatoms. The molecule has 142 valence electrons. The Bertz CT molecular complexity index is 964. The maximum atomic E-state index is 4.90. The van der Waals surface area contributed by atoms with E-state index in [0.29, 0.717) is 6.04 Å². The molecule has 4 heterocycles. The smallest absolute Gasteiger partial charge is 0.228 e. The second-order valence-electron chi connectivity index (χ2n) is 7.06. The van der Waals surface area contributed by atoms with Gasteiger partial charge in [0.2, 0.25) is 5.95 Å². The summed E-state index contributed by atoms with van der Waals surface area (Å²) in [6.45, 7) is 11.8. The van der Waals surface area contributed by atoms with E-state index in [-0.39, 0.29) is 0 Å². The number of fused-ring (bicyclic) bond motifs is 1. The van der Waals surface area contributed by atoms with Crippen LogP contribution >= 0.6 is 0 Å². The van der Waals surface area contributed by atoms with Crippen LogP contribution in [0.5, 0.6) is 0 Å². The van der Waals surface area contributed by atoms with Gasteiger partial charge in [-0.2, -0.15) is 10.1 Å². The predicted octanol–water partition coefficient (Wildman–Crippen LogP) is 2.40. The van der Waals surface area contributed by atoms with Crippen molar-refractivity contribution in [3.8, 4) is 0 Å². The van der Waals surface area contributed by atoms with Crippen LogP contribution in [0.3, 0.4) is 0 Å². The molecule has 0 saturated carbocycles. The third-order valence-electron chi connectivity index (χ3n) is 4.96. The van der Waals surface area contributed by atoms with Gasteiger partial charge in [0.05, 0.1) is 5.69 Å². The number of piperazine rings is 1. The molecular formula is C19H26N8. The van der Waals surface area contributed by atoms with E-state index >= 15 is 0 Å². The molecule has 0 amide bonds. The predicted molar refractivity (Wildman–Crippen MR) is 108 cm³/mol. The van der Waals surface area contributed by atoms with Crippen LogP contribution in [0, 0.1) is 13.8 Å². The molecule has 0 radical (unpaired) electrons. The summed E-state index contributed by atoms with van der Waals surface area (Å²) in [4.78, 5) is 16.5. The minimum Gasteiger partial charge on any atom is -0.335 e. The molecule has 0 bridgehead atoms. The lowest BCUT2D eigenvalue weighted by Gasteiger charge is -2.34. The molecule has 1 aliphatic rings. The zero-order valence-corrected chi connectivity index (χ0v) is 16.3. The zero-order chi connectivity index (χ0) is 19.0. The Morgan fingerprint density at radius 1 is 1.30 bits per heavy atom. The van der Waals surface area contributed by atoms with Gasteiger partial charge in [-0.1, -0.05) is 0 Å². The first kappa shape index (κ1) is 17.7. The normalized spacial score (nSPS) is 17.5. The Labute approximate surface area is 159 Å². The summed E-state index contributed by atoms with van der Waals surface area (Å²) in [5.41, 5.74) is 3.88. The summed E-state index contributed by atoms with van der Waals surface area (Å²) in [6.07, 6.45) is 1.80. The molecule has 8 nitrogen and oxygen atoms in total. The van der Waals surface area contributed by atoms with Gasteiger partial charge in [-0.15, -0.1) is 0 Å². The summed E-state index contributed by atoms with van der Waals surface area (Å²) in [7, 11) is 0. The number of hydrogen-bond donors (Lipinski definition) is 2. The van der Waals surface area contributed by atoms with E-state index < -0.39 is 0 Å². The van der Waals surface area contributed by atoms with Crippen molar-refractivity contribution in [1.82, 2.24) is 30.0 Å². The fourth-order valence-corrected chi connectivity index (χ4v) is 3.53. The number of hydrogen-bond acceptors (Lipinski definition) is 7. The van der Waals surface area contributed by atoms with Gasteiger partial charge in [0.25, 0.3) is 0 Å². The van der Waals surface area contributed by atoms with Gasteiger partial charge < -0.3 is 15.5 Å². The number of aromatic nitrogens is 5. The fourth-order valence-electron chi connectivity index (χ4n) is 3.53. The highest BCUT2D eigenvalue weighted by molar-refractivity contribution is 5.90. The third-order valence-corrected chi connectivity index (χ3v) is 4.96. The van der Waals surface area contributed by atoms with E-state index in [9.17, 15) is 0 Å². The highest BCUT2D eigenvalue weighted by Gasteiger charge is 2.24. The highest BCUT2D eigenvalue weighted by atomic mass is 15.3. The maximum absolute atomic E-state index is 4.90. The molecule has 27 heavy (non-hydrogen) atoms. The third kappa shape index (κ3) is 3.32. The second kappa shape index (κ2) is 7.11. The Morgan fingerprint density at radius 3 is 2.89 bits per heavy atom.